The van der Waals surface area contributed by atoms with Crippen molar-refractivity contribution in [1.29, 1.82) is 0 Å². The molecule has 1 aliphatic rings. The van der Waals surface area contributed by atoms with Gasteiger partial charge in [0.25, 0.3) is 0 Å². The van der Waals surface area contributed by atoms with E-state index in [1.165, 1.54) is 30.4 Å². The highest BCUT2D eigenvalue weighted by atomic mass is 16.5. The number of nitrogens with one attached hydrogen (secondary N) is 1. The zero-order chi connectivity index (χ0) is 24.0. The summed E-state index contributed by atoms with van der Waals surface area (Å²) in [5.41, 5.74) is 8.55. The van der Waals surface area contributed by atoms with Gasteiger partial charge in [-0.3, -0.25) is 4.79 Å². The first-order valence-electron chi connectivity index (χ1n) is 12.2. The first-order chi connectivity index (χ1) is 15.7. The van der Waals surface area contributed by atoms with Crippen LogP contribution in [0.25, 0.3) is 0 Å². The average molecular weight is 451 g/mol. The number of ether oxygens (including phenoxy) is 1. The summed E-state index contributed by atoms with van der Waals surface area (Å²) < 4.78 is 5.67. The molecule has 5 nitrogen and oxygen atoms in total. The predicted octanol–water partition coefficient (Wildman–Crippen LogP) is 4.97. The van der Waals surface area contributed by atoms with E-state index < -0.39 is 18.1 Å². The number of carbonyl (C=O) groups excluding carboxylic acids is 2. The van der Waals surface area contributed by atoms with Crippen molar-refractivity contribution in [1.82, 2.24) is 5.32 Å². The molecule has 0 aromatic heterocycles. The summed E-state index contributed by atoms with van der Waals surface area (Å²) >= 11 is 0. The van der Waals surface area contributed by atoms with E-state index in [1.807, 2.05) is 39.8 Å². The lowest BCUT2D eigenvalue weighted by molar-refractivity contribution is -0.141. The van der Waals surface area contributed by atoms with Crippen molar-refractivity contribution in [2.75, 3.05) is 0 Å². The topological polar surface area (TPSA) is 81.4 Å². The van der Waals surface area contributed by atoms with Crippen LogP contribution in [0.1, 0.15) is 70.9 Å². The van der Waals surface area contributed by atoms with E-state index in [-0.39, 0.29) is 23.2 Å². The van der Waals surface area contributed by atoms with Gasteiger partial charge in [0.05, 0.1) is 6.04 Å². The molecule has 33 heavy (non-hydrogen) atoms. The standard InChI is InChI=1S/C28H38N2O3/c1-19(2)24(29)26(31)30-25(20(3)4)27(32)33-23-15-13-22(14-16-23)28(17-9-6-10-18-28)21-11-7-5-8-12-21/h5,7-8,11-16,19-20,24-25H,6,9-10,17-18,29H2,1-4H3,(H,30,31). The third-order valence-corrected chi connectivity index (χ3v) is 6.90. The zero-order valence-corrected chi connectivity index (χ0v) is 20.3. The highest BCUT2D eigenvalue weighted by Gasteiger charge is 2.35. The second kappa shape index (κ2) is 11.0. The number of nitrogens with two attached hydrogens (primary N) is 1. The Labute approximate surface area is 198 Å². The van der Waals surface area contributed by atoms with Gasteiger partial charge in [-0.1, -0.05) is 89.4 Å². The highest BCUT2D eigenvalue weighted by Crippen LogP contribution is 2.45. The quantitative estimate of drug-likeness (QED) is 0.440. The van der Waals surface area contributed by atoms with Gasteiger partial charge in [0.2, 0.25) is 5.91 Å². The highest BCUT2D eigenvalue weighted by molar-refractivity contribution is 5.88. The molecule has 0 saturated heterocycles. The van der Waals surface area contributed by atoms with Gasteiger partial charge >= 0.3 is 5.97 Å². The van der Waals surface area contributed by atoms with Crippen LogP contribution < -0.4 is 15.8 Å². The third-order valence-electron chi connectivity index (χ3n) is 6.90. The van der Waals surface area contributed by atoms with Gasteiger partial charge in [-0.25, -0.2) is 4.79 Å². The Kier molecular flexibility index (Phi) is 8.30. The molecular weight excluding hydrogens is 412 g/mol. The lowest BCUT2D eigenvalue weighted by Crippen LogP contribution is -2.53. The van der Waals surface area contributed by atoms with E-state index in [9.17, 15) is 9.59 Å². The first kappa shape index (κ1) is 25.0. The van der Waals surface area contributed by atoms with Gasteiger partial charge in [0.15, 0.2) is 0 Å². The SMILES string of the molecule is CC(C)C(N)C(=O)NC(C(=O)Oc1ccc(C2(c3ccccc3)CCCCC2)cc1)C(C)C. The van der Waals surface area contributed by atoms with Gasteiger partial charge < -0.3 is 15.8 Å². The molecule has 1 saturated carbocycles. The van der Waals surface area contributed by atoms with Crippen LogP contribution in [-0.4, -0.2) is 24.0 Å². The van der Waals surface area contributed by atoms with Crippen molar-refractivity contribution in [2.24, 2.45) is 17.6 Å². The third kappa shape index (κ3) is 5.83. The van der Waals surface area contributed by atoms with Crippen LogP contribution in [0.3, 0.4) is 0 Å². The molecule has 5 heteroatoms. The van der Waals surface area contributed by atoms with E-state index in [4.69, 9.17) is 10.5 Å². The van der Waals surface area contributed by atoms with Gasteiger partial charge in [-0.15, -0.1) is 0 Å². The monoisotopic (exact) mass is 450 g/mol. The second-order valence-electron chi connectivity index (χ2n) is 9.95. The molecule has 0 radical (unpaired) electrons. The number of rotatable bonds is 8. The second-order valence-corrected chi connectivity index (χ2v) is 9.95. The van der Waals surface area contributed by atoms with Gasteiger partial charge in [-0.05, 0) is 47.9 Å². The van der Waals surface area contributed by atoms with Gasteiger partial charge in [0.1, 0.15) is 11.8 Å². The molecule has 0 spiro atoms. The minimum absolute atomic E-state index is 0.00345. The number of hydrogen-bond donors (Lipinski definition) is 2. The number of carbonyl (C=O) groups is 2. The molecule has 1 aliphatic carbocycles. The number of benzene rings is 2. The summed E-state index contributed by atoms with van der Waals surface area (Å²) in [6, 6.07) is 17.2. The van der Waals surface area contributed by atoms with Crippen LogP contribution in [0, 0.1) is 11.8 Å². The van der Waals surface area contributed by atoms with Crippen molar-refractivity contribution >= 4 is 11.9 Å². The molecule has 0 heterocycles. The fourth-order valence-electron chi connectivity index (χ4n) is 4.73. The van der Waals surface area contributed by atoms with E-state index >= 15 is 0 Å². The van der Waals surface area contributed by atoms with Crippen LogP contribution in [-0.2, 0) is 15.0 Å². The van der Waals surface area contributed by atoms with Crippen LogP contribution in [0.2, 0.25) is 0 Å². The molecule has 0 aliphatic heterocycles. The maximum Gasteiger partial charge on any atom is 0.334 e. The molecule has 1 amide bonds. The van der Waals surface area contributed by atoms with Gasteiger partial charge in [0, 0.05) is 5.41 Å². The first-order valence-corrected chi connectivity index (χ1v) is 12.2. The molecule has 2 unspecified atom stereocenters. The molecule has 1 fully saturated rings. The van der Waals surface area contributed by atoms with Crippen LogP contribution in [0.5, 0.6) is 5.75 Å². The fraction of sp³-hybridized carbons (Fsp3) is 0.500. The van der Waals surface area contributed by atoms with E-state index in [2.05, 4.69) is 47.8 Å². The minimum atomic E-state index is -0.754. The van der Waals surface area contributed by atoms with Crippen molar-refractivity contribution in [3.8, 4) is 5.75 Å². The van der Waals surface area contributed by atoms with Crippen LogP contribution in [0.4, 0.5) is 0 Å². The summed E-state index contributed by atoms with van der Waals surface area (Å²) in [7, 11) is 0. The van der Waals surface area contributed by atoms with E-state index in [0.717, 1.165) is 12.8 Å². The number of amides is 1. The molecule has 3 N–H and O–H groups in total. The fourth-order valence-corrected chi connectivity index (χ4v) is 4.73. The Bertz CT molecular complexity index is 916. The molecule has 3 rings (SSSR count). The predicted molar refractivity (Wildman–Crippen MR) is 132 cm³/mol. The summed E-state index contributed by atoms with van der Waals surface area (Å²) in [4.78, 5) is 25.3. The lowest BCUT2D eigenvalue weighted by Gasteiger charge is -2.38. The Balaban J connectivity index is 1.76. The Morgan fingerprint density at radius 1 is 0.848 bits per heavy atom. The van der Waals surface area contributed by atoms with Crippen molar-refractivity contribution in [3.63, 3.8) is 0 Å². The van der Waals surface area contributed by atoms with E-state index in [1.54, 1.807) is 0 Å². The summed E-state index contributed by atoms with van der Waals surface area (Å²) in [6.07, 6.45) is 5.92. The summed E-state index contributed by atoms with van der Waals surface area (Å²) in [5, 5.41) is 2.77. The van der Waals surface area contributed by atoms with Crippen molar-refractivity contribution < 1.29 is 14.3 Å². The molecule has 2 atom stereocenters. The average Bonchev–Trinajstić information content (AvgIpc) is 2.83. The van der Waals surface area contributed by atoms with E-state index in [0.29, 0.717) is 5.75 Å². The minimum Gasteiger partial charge on any atom is -0.425 e. The maximum absolute atomic E-state index is 12.9. The molecule has 0 bridgehead atoms. The Morgan fingerprint density at radius 3 is 1.97 bits per heavy atom. The Morgan fingerprint density at radius 2 is 1.42 bits per heavy atom. The van der Waals surface area contributed by atoms with Crippen LogP contribution >= 0.6 is 0 Å². The van der Waals surface area contributed by atoms with Crippen LogP contribution in [0.15, 0.2) is 54.6 Å². The summed E-state index contributed by atoms with van der Waals surface area (Å²) in [6.45, 7) is 7.51. The largest absolute Gasteiger partial charge is 0.425 e. The molecule has 2 aromatic rings. The number of esters is 1. The molecular formula is C28H38N2O3. The maximum atomic E-state index is 12.9. The van der Waals surface area contributed by atoms with Gasteiger partial charge in [-0.2, -0.15) is 0 Å². The van der Waals surface area contributed by atoms with Crippen molar-refractivity contribution in [2.45, 2.75) is 77.3 Å². The molecule has 178 valence electrons. The van der Waals surface area contributed by atoms with Crippen molar-refractivity contribution in [3.05, 3.63) is 65.7 Å². The zero-order valence-electron chi connectivity index (χ0n) is 20.3. The normalized spacial score (nSPS) is 17.4. The summed E-state index contributed by atoms with van der Waals surface area (Å²) in [5.74, 6) is -0.465. The smallest absolute Gasteiger partial charge is 0.334 e. The molecule has 2 aromatic carbocycles. The Hall–Kier alpha value is -2.66. The number of hydrogen-bond acceptors (Lipinski definition) is 4. The lowest BCUT2D eigenvalue weighted by atomic mass is 9.65.